The molecule has 0 bridgehead atoms. The van der Waals surface area contributed by atoms with Gasteiger partial charge in [-0.1, -0.05) is 25.5 Å². The highest BCUT2D eigenvalue weighted by molar-refractivity contribution is 5.26. The van der Waals surface area contributed by atoms with Crippen LogP contribution >= 0.6 is 0 Å². The minimum Gasteiger partial charge on any atom is -0.392 e. The lowest BCUT2D eigenvalue weighted by Gasteiger charge is -2.59. The Hall–Kier alpha value is -0.410. The number of rotatable bonds is 0. The Bertz CT molecular complexity index is 504. The zero-order valence-corrected chi connectivity index (χ0v) is 13.8. The lowest BCUT2D eigenvalue weighted by molar-refractivity contribution is -0.121. The third kappa shape index (κ3) is 1.78. The molecule has 0 amide bonds. The summed E-state index contributed by atoms with van der Waals surface area (Å²) < 4.78 is 14.2. The van der Waals surface area contributed by atoms with Gasteiger partial charge in [0.05, 0.1) is 12.2 Å². The van der Waals surface area contributed by atoms with Crippen molar-refractivity contribution >= 4 is 0 Å². The van der Waals surface area contributed by atoms with E-state index in [1.54, 1.807) is 0 Å². The van der Waals surface area contributed by atoms with Crippen LogP contribution < -0.4 is 0 Å². The zero-order valence-electron chi connectivity index (χ0n) is 13.8. The quantitative estimate of drug-likeness (QED) is 0.671. The molecule has 8 atom stereocenters. The standard InChI is InChI=1S/C19H29FO2/c1-18-7-4-3-5-11(18)9-15(21)16-12(18)6-8-19(2)13(16)10-14(20)17(19)22/h5,12-17,21-22H,3-4,6-10H2,1-2H3/t12-,13-,14+,15+,16+,17-,18-,19-/m0/s1. The molecule has 0 saturated heterocycles. The Kier molecular flexibility index (Phi) is 3.30. The SMILES string of the molecule is C[C@]12CC[C@H]3[C@@H]([C@H](O)CC4=CCCC[C@@]43C)[C@@H]1C[C@@H](F)[C@@H]2O. The predicted octanol–water partition coefficient (Wildman–Crippen LogP) is 3.62. The van der Waals surface area contributed by atoms with Gasteiger partial charge in [0, 0.05) is 0 Å². The number of allylic oxidation sites excluding steroid dienone is 1. The van der Waals surface area contributed by atoms with E-state index in [-0.39, 0.29) is 28.8 Å². The molecule has 4 aliphatic rings. The van der Waals surface area contributed by atoms with Gasteiger partial charge in [-0.05, 0) is 73.5 Å². The molecule has 3 fully saturated rings. The fraction of sp³-hybridized carbons (Fsp3) is 0.895. The van der Waals surface area contributed by atoms with E-state index in [0.717, 1.165) is 25.7 Å². The van der Waals surface area contributed by atoms with Gasteiger partial charge in [-0.3, -0.25) is 0 Å². The second kappa shape index (κ2) is 4.80. The number of hydrogen-bond donors (Lipinski definition) is 2. The highest BCUT2D eigenvalue weighted by Gasteiger charge is 2.63. The van der Waals surface area contributed by atoms with E-state index in [0.29, 0.717) is 12.3 Å². The highest BCUT2D eigenvalue weighted by atomic mass is 19.1. The van der Waals surface area contributed by atoms with E-state index >= 15 is 0 Å². The van der Waals surface area contributed by atoms with Gasteiger partial charge in [-0.25, -0.2) is 4.39 Å². The van der Waals surface area contributed by atoms with Crippen LogP contribution in [0.3, 0.4) is 0 Å². The van der Waals surface area contributed by atoms with Gasteiger partial charge in [0.15, 0.2) is 0 Å². The molecule has 0 aromatic carbocycles. The number of hydrogen-bond acceptors (Lipinski definition) is 2. The third-order valence-electron chi connectivity index (χ3n) is 7.98. The summed E-state index contributed by atoms with van der Waals surface area (Å²) >= 11 is 0. The molecule has 0 unspecified atom stereocenters. The molecular formula is C19H29FO2. The predicted molar refractivity (Wildman–Crippen MR) is 84.0 cm³/mol. The van der Waals surface area contributed by atoms with E-state index in [2.05, 4.69) is 19.9 Å². The summed E-state index contributed by atoms with van der Waals surface area (Å²) in [5.74, 6) is 0.749. The van der Waals surface area contributed by atoms with Gasteiger partial charge >= 0.3 is 0 Å². The van der Waals surface area contributed by atoms with Crippen LogP contribution in [0.1, 0.15) is 58.8 Å². The molecule has 0 spiro atoms. The zero-order chi connectivity index (χ0) is 15.7. The van der Waals surface area contributed by atoms with Crippen molar-refractivity contribution in [3.63, 3.8) is 0 Å². The third-order valence-corrected chi connectivity index (χ3v) is 7.98. The molecule has 0 aliphatic heterocycles. The first-order valence-corrected chi connectivity index (χ1v) is 9.07. The average molecular weight is 308 g/mol. The summed E-state index contributed by atoms with van der Waals surface area (Å²) in [4.78, 5) is 0. The Morgan fingerprint density at radius 1 is 1.18 bits per heavy atom. The van der Waals surface area contributed by atoms with Crippen LogP contribution in [0.25, 0.3) is 0 Å². The molecule has 0 heterocycles. The molecular weight excluding hydrogens is 279 g/mol. The lowest BCUT2D eigenvalue weighted by atomic mass is 9.46. The topological polar surface area (TPSA) is 40.5 Å². The van der Waals surface area contributed by atoms with Crippen LogP contribution in [0.5, 0.6) is 0 Å². The molecule has 4 aliphatic carbocycles. The van der Waals surface area contributed by atoms with E-state index in [4.69, 9.17) is 0 Å². The van der Waals surface area contributed by atoms with Crippen molar-refractivity contribution in [2.45, 2.75) is 77.2 Å². The first kappa shape index (κ1) is 15.1. The van der Waals surface area contributed by atoms with Crippen molar-refractivity contribution in [2.24, 2.45) is 28.6 Å². The van der Waals surface area contributed by atoms with Crippen LogP contribution in [0.4, 0.5) is 4.39 Å². The van der Waals surface area contributed by atoms with Gasteiger partial charge in [-0.2, -0.15) is 0 Å². The van der Waals surface area contributed by atoms with E-state index in [9.17, 15) is 14.6 Å². The molecule has 124 valence electrons. The largest absolute Gasteiger partial charge is 0.392 e. The first-order valence-electron chi connectivity index (χ1n) is 9.07. The van der Waals surface area contributed by atoms with Crippen molar-refractivity contribution < 1.29 is 14.6 Å². The van der Waals surface area contributed by atoms with Gasteiger partial charge in [0.25, 0.3) is 0 Å². The van der Waals surface area contributed by atoms with Gasteiger partial charge in [0.2, 0.25) is 0 Å². The minimum absolute atomic E-state index is 0.131. The molecule has 0 aromatic rings. The molecule has 2 N–H and O–H groups in total. The van der Waals surface area contributed by atoms with Gasteiger partial charge in [0.1, 0.15) is 6.17 Å². The monoisotopic (exact) mass is 308 g/mol. The maximum Gasteiger partial charge on any atom is 0.127 e. The van der Waals surface area contributed by atoms with Crippen molar-refractivity contribution in [3.8, 4) is 0 Å². The second-order valence-electron chi connectivity index (χ2n) is 8.84. The lowest BCUT2D eigenvalue weighted by Crippen LogP contribution is -2.55. The first-order chi connectivity index (χ1) is 10.4. The summed E-state index contributed by atoms with van der Waals surface area (Å²) in [6.45, 7) is 4.43. The average Bonchev–Trinajstić information content (AvgIpc) is 2.71. The summed E-state index contributed by atoms with van der Waals surface area (Å²) in [6, 6.07) is 0. The number of aliphatic hydroxyl groups excluding tert-OH is 2. The summed E-state index contributed by atoms with van der Waals surface area (Å²) in [5, 5.41) is 21.2. The Balaban J connectivity index is 1.73. The molecule has 0 aromatic heterocycles. The van der Waals surface area contributed by atoms with E-state index in [1.165, 1.54) is 18.4 Å². The highest BCUT2D eigenvalue weighted by Crippen LogP contribution is 2.65. The van der Waals surface area contributed by atoms with E-state index < -0.39 is 12.3 Å². The molecule has 22 heavy (non-hydrogen) atoms. The Labute approximate surface area is 132 Å². The summed E-state index contributed by atoms with van der Waals surface area (Å²) in [6.07, 6.45) is 6.74. The fourth-order valence-electron chi connectivity index (χ4n) is 6.66. The van der Waals surface area contributed by atoms with Crippen LogP contribution in [0.15, 0.2) is 11.6 Å². The number of halogens is 1. The molecule has 3 heteroatoms. The van der Waals surface area contributed by atoms with Crippen LogP contribution in [-0.4, -0.2) is 28.6 Å². The number of fused-ring (bicyclic) bond motifs is 5. The molecule has 3 saturated carbocycles. The van der Waals surface area contributed by atoms with Crippen LogP contribution in [0.2, 0.25) is 0 Å². The fourth-order valence-corrected chi connectivity index (χ4v) is 6.66. The van der Waals surface area contributed by atoms with Gasteiger partial charge in [-0.15, -0.1) is 0 Å². The maximum absolute atomic E-state index is 14.2. The Morgan fingerprint density at radius 2 is 1.95 bits per heavy atom. The number of aliphatic hydroxyl groups is 2. The maximum atomic E-state index is 14.2. The summed E-state index contributed by atoms with van der Waals surface area (Å²) in [7, 11) is 0. The van der Waals surface area contributed by atoms with Crippen molar-refractivity contribution in [2.75, 3.05) is 0 Å². The molecule has 0 radical (unpaired) electrons. The van der Waals surface area contributed by atoms with Gasteiger partial charge < -0.3 is 10.2 Å². The normalized spacial score (nSPS) is 57.6. The second-order valence-corrected chi connectivity index (χ2v) is 8.84. The van der Waals surface area contributed by atoms with Crippen molar-refractivity contribution in [1.82, 2.24) is 0 Å². The van der Waals surface area contributed by atoms with Crippen molar-refractivity contribution in [1.29, 1.82) is 0 Å². The molecule has 2 nitrogen and oxygen atoms in total. The Morgan fingerprint density at radius 3 is 2.73 bits per heavy atom. The van der Waals surface area contributed by atoms with Crippen LogP contribution in [0, 0.1) is 28.6 Å². The smallest absolute Gasteiger partial charge is 0.127 e. The molecule has 4 rings (SSSR count). The minimum atomic E-state index is -1.11. The number of alkyl halides is 1. The van der Waals surface area contributed by atoms with E-state index in [1.807, 2.05) is 0 Å². The van der Waals surface area contributed by atoms with Crippen molar-refractivity contribution in [3.05, 3.63) is 11.6 Å². The summed E-state index contributed by atoms with van der Waals surface area (Å²) in [5.41, 5.74) is 1.31. The van der Waals surface area contributed by atoms with Crippen LogP contribution in [-0.2, 0) is 0 Å².